The second kappa shape index (κ2) is 9.99. The van der Waals surface area contributed by atoms with Gasteiger partial charge >= 0.3 is 0 Å². The highest BCUT2D eigenvalue weighted by Gasteiger charge is 2.27. The van der Waals surface area contributed by atoms with Gasteiger partial charge in [-0.15, -0.1) is 0 Å². The van der Waals surface area contributed by atoms with Gasteiger partial charge < -0.3 is 15.7 Å². The summed E-state index contributed by atoms with van der Waals surface area (Å²) in [6.45, 7) is 7.53. The van der Waals surface area contributed by atoms with Crippen LogP contribution >= 0.6 is 0 Å². The Morgan fingerprint density at radius 2 is 1.64 bits per heavy atom. The van der Waals surface area contributed by atoms with Crippen molar-refractivity contribution in [3.63, 3.8) is 0 Å². The van der Waals surface area contributed by atoms with Crippen LogP contribution < -0.4 is 10.6 Å². The number of nitrogens with zero attached hydrogens (tertiary/aromatic N) is 1. The van der Waals surface area contributed by atoms with Crippen LogP contribution in [0.3, 0.4) is 0 Å². The van der Waals surface area contributed by atoms with Crippen LogP contribution in [0.5, 0.6) is 0 Å². The number of pyridine rings is 1. The van der Waals surface area contributed by atoms with E-state index in [1.807, 2.05) is 43.3 Å². The van der Waals surface area contributed by atoms with Crippen molar-refractivity contribution in [2.24, 2.45) is 5.92 Å². The lowest BCUT2D eigenvalue weighted by Crippen LogP contribution is -2.54. The van der Waals surface area contributed by atoms with Gasteiger partial charge in [-0.05, 0) is 38.3 Å². The summed E-state index contributed by atoms with van der Waals surface area (Å²) in [6, 6.07) is 13.6. The first-order chi connectivity index (χ1) is 13.3. The number of carbonyl (C=O) groups excluding carboxylic acids is 2. The summed E-state index contributed by atoms with van der Waals surface area (Å²) < 4.78 is 0. The monoisotopic (exact) mass is 383 g/mol. The predicted octanol–water partition coefficient (Wildman–Crippen LogP) is 2.78. The van der Waals surface area contributed by atoms with Crippen LogP contribution in [0.1, 0.15) is 44.6 Å². The summed E-state index contributed by atoms with van der Waals surface area (Å²) in [5, 5.41) is 15.5. The standard InChI is InChI=1S/C22H29N3O3/c1-14(2)13-15(3)23-22(28)20(16(4)26)25-21(27)19-12-8-11-18(24-19)17-9-6-5-7-10-17/h5-12,14-16,20,26H,13H2,1-4H3,(H,23,28)(H,25,27)/t15-,16-,20+/m1/s1. The van der Waals surface area contributed by atoms with Crippen molar-refractivity contribution >= 4 is 11.8 Å². The summed E-state index contributed by atoms with van der Waals surface area (Å²) in [7, 11) is 0. The summed E-state index contributed by atoms with van der Waals surface area (Å²) >= 11 is 0. The molecule has 0 fully saturated rings. The number of rotatable bonds is 8. The third-order valence-corrected chi connectivity index (χ3v) is 4.32. The van der Waals surface area contributed by atoms with Crippen LogP contribution in [-0.2, 0) is 4.79 Å². The highest BCUT2D eigenvalue weighted by molar-refractivity contribution is 5.96. The molecular formula is C22H29N3O3. The largest absolute Gasteiger partial charge is 0.391 e. The number of aromatic nitrogens is 1. The van der Waals surface area contributed by atoms with Crippen molar-refractivity contribution in [1.29, 1.82) is 0 Å². The van der Waals surface area contributed by atoms with Crippen molar-refractivity contribution < 1.29 is 14.7 Å². The molecule has 1 aromatic carbocycles. The third-order valence-electron chi connectivity index (χ3n) is 4.32. The van der Waals surface area contributed by atoms with Crippen LogP contribution in [0, 0.1) is 5.92 Å². The minimum atomic E-state index is -1.05. The van der Waals surface area contributed by atoms with Gasteiger partial charge in [-0.25, -0.2) is 4.98 Å². The Morgan fingerprint density at radius 3 is 2.25 bits per heavy atom. The Balaban J connectivity index is 2.11. The average molecular weight is 383 g/mol. The summed E-state index contributed by atoms with van der Waals surface area (Å²) in [5.41, 5.74) is 1.75. The molecule has 2 amide bonds. The molecule has 1 heterocycles. The number of benzene rings is 1. The van der Waals surface area contributed by atoms with E-state index in [0.29, 0.717) is 11.6 Å². The maximum absolute atomic E-state index is 12.6. The maximum atomic E-state index is 12.6. The van der Waals surface area contributed by atoms with E-state index in [0.717, 1.165) is 12.0 Å². The van der Waals surface area contributed by atoms with E-state index in [1.54, 1.807) is 12.1 Å². The number of carbonyl (C=O) groups is 2. The first-order valence-corrected chi connectivity index (χ1v) is 9.59. The van der Waals surface area contributed by atoms with Gasteiger partial charge in [0.2, 0.25) is 5.91 Å². The van der Waals surface area contributed by atoms with Crippen molar-refractivity contribution in [3.8, 4) is 11.3 Å². The van der Waals surface area contributed by atoms with Crippen molar-refractivity contribution in [2.45, 2.75) is 52.3 Å². The van der Waals surface area contributed by atoms with E-state index >= 15 is 0 Å². The van der Waals surface area contributed by atoms with Gasteiger partial charge in [-0.2, -0.15) is 0 Å². The van der Waals surface area contributed by atoms with Gasteiger partial charge in [0.25, 0.3) is 5.91 Å². The minimum Gasteiger partial charge on any atom is -0.391 e. The number of aliphatic hydroxyl groups excluding tert-OH is 1. The second-order valence-corrected chi connectivity index (χ2v) is 7.51. The molecule has 0 aliphatic rings. The summed E-state index contributed by atoms with van der Waals surface area (Å²) in [5.74, 6) is -0.481. The number of hydrogen-bond acceptors (Lipinski definition) is 4. The summed E-state index contributed by atoms with van der Waals surface area (Å²) in [6.07, 6.45) is -0.222. The molecule has 0 unspecified atom stereocenters. The molecule has 2 rings (SSSR count). The van der Waals surface area contributed by atoms with E-state index in [1.165, 1.54) is 6.92 Å². The first kappa shape index (κ1) is 21.6. The number of nitrogens with one attached hydrogen (secondary N) is 2. The molecular weight excluding hydrogens is 354 g/mol. The third kappa shape index (κ3) is 6.16. The van der Waals surface area contributed by atoms with Crippen molar-refractivity contribution in [3.05, 3.63) is 54.2 Å². The molecule has 0 aliphatic carbocycles. The van der Waals surface area contributed by atoms with E-state index in [-0.39, 0.29) is 11.7 Å². The zero-order valence-corrected chi connectivity index (χ0v) is 16.8. The molecule has 28 heavy (non-hydrogen) atoms. The summed E-state index contributed by atoms with van der Waals surface area (Å²) in [4.78, 5) is 29.6. The van der Waals surface area contributed by atoms with Gasteiger partial charge in [0.15, 0.2) is 0 Å². The van der Waals surface area contributed by atoms with Crippen LogP contribution in [0.15, 0.2) is 48.5 Å². The van der Waals surface area contributed by atoms with Crippen LogP contribution in [0.4, 0.5) is 0 Å². The Bertz CT molecular complexity index is 791. The number of hydrogen-bond donors (Lipinski definition) is 3. The van der Waals surface area contributed by atoms with E-state index < -0.39 is 24.0 Å². The molecule has 3 atom stereocenters. The fraction of sp³-hybridized carbons (Fsp3) is 0.409. The Kier molecular flexibility index (Phi) is 7.70. The maximum Gasteiger partial charge on any atom is 0.270 e. The molecule has 1 aromatic heterocycles. The van der Waals surface area contributed by atoms with Crippen molar-refractivity contribution in [1.82, 2.24) is 15.6 Å². The van der Waals surface area contributed by atoms with E-state index in [9.17, 15) is 14.7 Å². The predicted molar refractivity (Wildman–Crippen MR) is 110 cm³/mol. The first-order valence-electron chi connectivity index (χ1n) is 9.59. The topological polar surface area (TPSA) is 91.3 Å². The number of amides is 2. The van der Waals surface area contributed by atoms with Crippen LogP contribution in [-0.4, -0.2) is 40.1 Å². The molecule has 0 saturated heterocycles. The van der Waals surface area contributed by atoms with Gasteiger partial charge in [0.05, 0.1) is 11.8 Å². The van der Waals surface area contributed by atoms with Gasteiger partial charge in [-0.3, -0.25) is 9.59 Å². The molecule has 6 nitrogen and oxygen atoms in total. The van der Waals surface area contributed by atoms with E-state index in [2.05, 4.69) is 29.5 Å². The molecule has 0 radical (unpaired) electrons. The SMILES string of the molecule is CC(C)C[C@@H](C)NC(=O)[C@@H](NC(=O)c1cccc(-c2ccccc2)n1)[C@@H](C)O. The molecule has 0 aliphatic heterocycles. The zero-order valence-electron chi connectivity index (χ0n) is 16.8. The molecule has 2 aromatic rings. The van der Waals surface area contributed by atoms with Crippen molar-refractivity contribution in [2.75, 3.05) is 0 Å². The minimum absolute atomic E-state index is 0.0508. The Labute approximate surface area is 166 Å². The average Bonchev–Trinajstić information content (AvgIpc) is 2.65. The van der Waals surface area contributed by atoms with Gasteiger partial charge in [0.1, 0.15) is 11.7 Å². The quantitative estimate of drug-likeness (QED) is 0.654. The lowest BCUT2D eigenvalue weighted by atomic mass is 10.0. The fourth-order valence-corrected chi connectivity index (χ4v) is 3.05. The molecule has 150 valence electrons. The Morgan fingerprint density at radius 1 is 0.964 bits per heavy atom. The highest BCUT2D eigenvalue weighted by Crippen LogP contribution is 2.16. The van der Waals surface area contributed by atoms with E-state index in [4.69, 9.17) is 0 Å². The second-order valence-electron chi connectivity index (χ2n) is 7.51. The molecule has 0 saturated carbocycles. The molecule has 3 N–H and O–H groups in total. The van der Waals surface area contributed by atoms with Crippen LogP contribution in [0.25, 0.3) is 11.3 Å². The molecule has 6 heteroatoms. The normalized spacial score (nSPS) is 14.2. The molecule has 0 spiro atoms. The zero-order chi connectivity index (χ0) is 20.7. The van der Waals surface area contributed by atoms with Crippen LogP contribution in [0.2, 0.25) is 0 Å². The number of aliphatic hydroxyl groups is 1. The fourth-order valence-electron chi connectivity index (χ4n) is 3.05. The lowest BCUT2D eigenvalue weighted by molar-refractivity contribution is -0.126. The Hall–Kier alpha value is -2.73. The lowest BCUT2D eigenvalue weighted by Gasteiger charge is -2.24. The smallest absolute Gasteiger partial charge is 0.270 e. The highest BCUT2D eigenvalue weighted by atomic mass is 16.3. The van der Waals surface area contributed by atoms with Gasteiger partial charge in [-0.1, -0.05) is 50.2 Å². The molecule has 0 bridgehead atoms. The van der Waals surface area contributed by atoms with Gasteiger partial charge in [0, 0.05) is 11.6 Å².